The molecular formula is C20H18BrN3O3. The molecule has 0 bridgehead atoms. The van der Waals surface area contributed by atoms with Gasteiger partial charge in [-0.25, -0.2) is 0 Å². The number of aromatic amines is 1. The zero-order valence-corrected chi connectivity index (χ0v) is 16.7. The molecule has 0 radical (unpaired) electrons. The minimum absolute atomic E-state index is 0.139. The number of hydrogen-bond donors (Lipinski definition) is 1. The van der Waals surface area contributed by atoms with E-state index in [-0.39, 0.29) is 11.9 Å². The van der Waals surface area contributed by atoms with Crippen LogP contribution in [0.15, 0.2) is 46.9 Å². The summed E-state index contributed by atoms with van der Waals surface area (Å²) in [6.07, 6.45) is 0. The van der Waals surface area contributed by atoms with Crippen molar-refractivity contribution in [1.29, 1.82) is 0 Å². The summed E-state index contributed by atoms with van der Waals surface area (Å²) in [6, 6.07) is 13.0. The van der Waals surface area contributed by atoms with Crippen LogP contribution in [0.3, 0.4) is 0 Å². The number of carbonyl (C=O) groups is 1. The van der Waals surface area contributed by atoms with Gasteiger partial charge in [-0.3, -0.25) is 14.8 Å². The van der Waals surface area contributed by atoms with Gasteiger partial charge < -0.3 is 9.47 Å². The van der Waals surface area contributed by atoms with Crippen molar-refractivity contribution in [1.82, 2.24) is 10.2 Å². The topological polar surface area (TPSA) is 67.5 Å². The predicted molar refractivity (Wildman–Crippen MR) is 106 cm³/mol. The van der Waals surface area contributed by atoms with Crippen molar-refractivity contribution < 1.29 is 14.3 Å². The molecular weight excluding hydrogens is 410 g/mol. The predicted octanol–water partition coefficient (Wildman–Crippen LogP) is 4.25. The van der Waals surface area contributed by atoms with Gasteiger partial charge in [0.05, 0.1) is 20.3 Å². The highest BCUT2D eigenvalue weighted by molar-refractivity contribution is 9.10. The second-order valence-electron chi connectivity index (χ2n) is 6.27. The number of fused-ring (bicyclic) bond motifs is 1. The fraction of sp³-hybridized carbons (Fsp3) is 0.200. The van der Waals surface area contributed by atoms with Crippen molar-refractivity contribution in [2.45, 2.75) is 13.0 Å². The molecule has 0 unspecified atom stereocenters. The number of H-pyrrole nitrogens is 1. The van der Waals surface area contributed by atoms with Crippen LogP contribution in [0.4, 0.5) is 5.69 Å². The van der Waals surface area contributed by atoms with Gasteiger partial charge in [-0.2, -0.15) is 5.10 Å². The standard InChI is InChI=1S/C20H18BrN3O3/c1-11-17-18(23-22-11)20(25)24(13-6-4-12(21)5-7-13)19(17)15-9-8-14(26-2)10-16(15)27-3/h4-10,19H,1-3H3,(H,22,23)/t19-/m1/s1. The molecule has 1 aliphatic heterocycles. The first kappa shape index (κ1) is 17.6. The van der Waals surface area contributed by atoms with E-state index in [0.717, 1.165) is 27.0 Å². The quantitative estimate of drug-likeness (QED) is 0.675. The lowest BCUT2D eigenvalue weighted by molar-refractivity contribution is 0.0988. The van der Waals surface area contributed by atoms with Gasteiger partial charge in [0, 0.05) is 33.0 Å². The molecule has 0 fully saturated rings. The second-order valence-corrected chi connectivity index (χ2v) is 7.19. The van der Waals surface area contributed by atoms with Crippen molar-refractivity contribution in [3.05, 3.63) is 69.5 Å². The number of rotatable bonds is 4. The Balaban J connectivity index is 1.92. The summed E-state index contributed by atoms with van der Waals surface area (Å²) in [5.41, 5.74) is 3.84. The summed E-state index contributed by atoms with van der Waals surface area (Å²) in [5, 5.41) is 7.18. The maximum absolute atomic E-state index is 13.2. The van der Waals surface area contributed by atoms with Crippen molar-refractivity contribution in [3.8, 4) is 11.5 Å². The summed E-state index contributed by atoms with van der Waals surface area (Å²) in [4.78, 5) is 14.9. The highest BCUT2D eigenvalue weighted by atomic mass is 79.9. The van der Waals surface area contributed by atoms with Crippen LogP contribution in [0.1, 0.15) is 33.4 Å². The summed E-state index contributed by atoms with van der Waals surface area (Å²) in [6.45, 7) is 1.92. The molecule has 1 atom stereocenters. The third-order valence-electron chi connectivity index (χ3n) is 4.79. The Kier molecular flexibility index (Phi) is 4.39. The fourth-order valence-corrected chi connectivity index (χ4v) is 3.77. The molecule has 1 aromatic heterocycles. The Morgan fingerprint density at radius 1 is 1.11 bits per heavy atom. The number of aryl methyl sites for hydroxylation is 1. The van der Waals surface area contributed by atoms with Gasteiger partial charge in [0.1, 0.15) is 11.5 Å². The molecule has 0 spiro atoms. The zero-order valence-electron chi connectivity index (χ0n) is 15.1. The first-order valence-electron chi connectivity index (χ1n) is 8.41. The number of nitrogens with one attached hydrogen (secondary N) is 1. The second kappa shape index (κ2) is 6.74. The van der Waals surface area contributed by atoms with E-state index in [1.54, 1.807) is 19.1 Å². The Labute approximate surface area is 165 Å². The number of ether oxygens (including phenoxy) is 2. The third kappa shape index (κ3) is 2.78. The molecule has 1 N–H and O–H groups in total. The molecule has 138 valence electrons. The summed E-state index contributed by atoms with van der Waals surface area (Å²) >= 11 is 3.45. The number of nitrogens with zero attached hydrogens (tertiary/aromatic N) is 2. The molecule has 4 rings (SSSR count). The van der Waals surface area contributed by atoms with Gasteiger partial charge >= 0.3 is 0 Å². The maximum Gasteiger partial charge on any atom is 0.280 e. The molecule has 0 saturated carbocycles. The van der Waals surface area contributed by atoms with Crippen LogP contribution in [0, 0.1) is 6.92 Å². The molecule has 27 heavy (non-hydrogen) atoms. The highest BCUT2D eigenvalue weighted by Gasteiger charge is 2.43. The van der Waals surface area contributed by atoms with E-state index >= 15 is 0 Å². The molecule has 0 aliphatic carbocycles. The number of anilines is 1. The first-order chi connectivity index (χ1) is 13.0. The minimum Gasteiger partial charge on any atom is -0.497 e. The van der Waals surface area contributed by atoms with Gasteiger partial charge in [0.25, 0.3) is 5.91 Å². The number of carbonyl (C=O) groups excluding carboxylic acids is 1. The molecule has 6 nitrogen and oxygen atoms in total. The van der Waals surface area contributed by atoms with Crippen LogP contribution < -0.4 is 14.4 Å². The van der Waals surface area contributed by atoms with E-state index in [0.29, 0.717) is 17.2 Å². The monoisotopic (exact) mass is 427 g/mol. The van der Waals surface area contributed by atoms with Crippen LogP contribution in [0.2, 0.25) is 0 Å². The average molecular weight is 428 g/mol. The molecule has 1 aliphatic rings. The van der Waals surface area contributed by atoms with Crippen molar-refractivity contribution in [2.75, 3.05) is 19.1 Å². The lowest BCUT2D eigenvalue weighted by Crippen LogP contribution is -2.29. The van der Waals surface area contributed by atoms with Crippen molar-refractivity contribution in [2.24, 2.45) is 0 Å². The van der Waals surface area contributed by atoms with Crippen LogP contribution in [-0.4, -0.2) is 30.3 Å². The lowest BCUT2D eigenvalue weighted by Gasteiger charge is -2.27. The number of amides is 1. The van der Waals surface area contributed by atoms with E-state index in [9.17, 15) is 4.79 Å². The van der Waals surface area contributed by atoms with Crippen LogP contribution in [0.5, 0.6) is 11.5 Å². The average Bonchev–Trinajstić information content (AvgIpc) is 3.20. The van der Waals surface area contributed by atoms with E-state index in [1.807, 2.05) is 49.4 Å². The first-order valence-corrected chi connectivity index (χ1v) is 9.20. The SMILES string of the molecule is COc1ccc([C@@H]2c3c(n[nH]c3C)C(=O)N2c2ccc(Br)cc2)c(OC)c1. The van der Waals surface area contributed by atoms with Crippen LogP contribution in [0.25, 0.3) is 0 Å². The summed E-state index contributed by atoms with van der Waals surface area (Å²) in [7, 11) is 3.22. The maximum atomic E-state index is 13.2. The Bertz CT molecular complexity index is 1010. The normalized spacial score (nSPS) is 15.8. The molecule has 2 heterocycles. The smallest absolute Gasteiger partial charge is 0.280 e. The minimum atomic E-state index is -0.340. The Morgan fingerprint density at radius 3 is 2.52 bits per heavy atom. The number of halogens is 1. The van der Waals surface area contributed by atoms with Gasteiger partial charge in [-0.15, -0.1) is 0 Å². The molecule has 3 aromatic rings. The lowest BCUT2D eigenvalue weighted by atomic mass is 9.97. The zero-order chi connectivity index (χ0) is 19.1. The van der Waals surface area contributed by atoms with Crippen molar-refractivity contribution in [3.63, 3.8) is 0 Å². The highest BCUT2D eigenvalue weighted by Crippen LogP contribution is 2.45. The number of aromatic nitrogens is 2. The molecule has 2 aromatic carbocycles. The number of methoxy groups -OCH3 is 2. The molecule has 1 amide bonds. The number of hydrogen-bond acceptors (Lipinski definition) is 4. The van der Waals surface area contributed by atoms with E-state index in [2.05, 4.69) is 26.1 Å². The fourth-order valence-electron chi connectivity index (χ4n) is 3.50. The van der Waals surface area contributed by atoms with Crippen LogP contribution >= 0.6 is 15.9 Å². The van der Waals surface area contributed by atoms with E-state index in [1.165, 1.54) is 0 Å². The van der Waals surface area contributed by atoms with E-state index in [4.69, 9.17) is 9.47 Å². The van der Waals surface area contributed by atoms with Crippen molar-refractivity contribution >= 4 is 27.5 Å². The largest absolute Gasteiger partial charge is 0.497 e. The van der Waals surface area contributed by atoms with Gasteiger partial charge in [-0.05, 0) is 43.3 Å². The van der Waals surface area contributed by atoms with Gasteiger partial charge in [-0.1, -0.05) is 15.9 Å². The van der Waals surface area contributed by atoms with Gasteiger partial charge in [0.15, 0.2) is 5.69 Å². The summed E-state index contributed by atoms with van der Waals surface area (Å²) < 4.78 is 11.9. The summed E-state index contributed by atoms with van der Waals surface area (Å²) in [5.74, 6) is 1.21. The Hall–Kier alpha value is -2.80. The van der Waals surface area contributed by atoms with Crippen LogP contribution in [-0.2, 0) is 0 Å². The number of benzene rings is 2. The third-order valence-corrected chi connectivity index (χ3v) is 5.32. The Morgan fingerprint density at radius 2 is 1.85 bits per heavy atom. The van der Waals surface area contributed by atoms with E-state index < -0.39 is 0 Å². The molecule has 0 saturated heterocycles. The molecule has 7 heteroatoms. The van der Waals surface area contributed by atoms with Gasteiger partial charge in [0.2, 0.25) is 0 Å².